The summed E-state index contributed by atoms with van der Waals surface area (Å²) in [6.45, 7) is 8.10. The maximum atomic E-state index is 12.2. The Morgan fingerprint density at radius 2 is 2.00 bits per heavy atom. The highest BCUT2D eigenvalue weighted by Gasteiger charge is 2.46. The van der Waals surface area contributed by atoms with Gasteiger partial charge in [0.2, 0.25) is 5.91 Å². The minimum absolute atomic E-state index is 0.209. The van der Waals surface area contributed by atoms with Crippen LogP contribution in [0.1, 0.15) is 37.0 Å². The molecule has 0 radical (unpaired) electrons. The topological polar surface area (TPSA) is 20.3 Å². The predicted molar refractivity (Wildman–Crippen MR) is 65.6 cm³/mol. The molecule has 2 nitrogen and oxygen atoms in total. The number of nitrogens with zero attached hydrogens (tertiary/aromatic N) is 1. The number of fused-ring (bicyclic) bond motifs is 2. The molecule has 0 saturated heterocycles. The van der Waals surface area contributed by atoms with Crippen LogP contribution in [0.4, 0.5) is 5.69 Å². The number of benzene rings is 1. The molecule has 1 amide bonds. The second-order valence-corrected chi connectivity index (χ2v) is 4.94. The van der Waals surface area contributed by atoms with Gasteiger partial charge in [0.15, 0.2) is 0 Å². The molecule has 0 saturated carbocycles. The second-order valence-electron chi connectivity index (χ2n) is 4.94. The second kappa shape index (κ2) is 2.57. The number of likely N-dealkylation sites (N-methyl/N-ethyl adjacent to an activating group) is 1. The number of hydrogen-bond donors (Lipinski definition) is 0. The van der Waals surface area contributed by atoms with Crippen LogP contribution in [0.2, 0.25) is 0 Å². The van der Waals surface area contributed by atoms with Gasteiger partial charge < -0.3 is 4.90 Å². The molecule has 1 unspecified atom stereocenters. The summed E-state index contributed by atoms with van der Waals surface area (Å²) < 4.78 is 0. The van der Waals surface area contributed by atoms with Gasteiger partial charge in [0.25, 0.3) is 0 Å². The molecule has 1 aromatic carbocycles. The van der Waals surface area contributed by atoms with Gasteiger partial charge in [-0.3, -0.25) is 4.79 Å². The van der Waals surface area contributed by atoms with Crippen LogP contribution in [0.5, 0.6) is 0 Å². The highest BCUT2D eigenvalue weighted by molar-refractivity contribution is 6.11. The first-order valence-corrected chi connectivity index (χ1v) is 5.67. The lowest BCUT2D eigenvalue weighted by Gasteiger charge is -2.20. The van der Waals surface area contributed by atoms with Gasteiger partial charge in [0.1, 0.15) is 0 Å². The third-order valence-corrected chi connectivity index (χ3v) is 4.16. The largest absolute Gasteiger partial charge is 0.314 e. The lowest BCUT2D eigenvalue weighted by Crippen LogP contribution is -2.35. The van der Waals surface area contributed by atoms with Crippen molar-refractivity contribution in [2.75, 3.05) is 11.9 Å². The zero-order valence-electron chi connectivity index (χ0n) is 9.92. The van der Waals surface area contributed by atoms with Crippen LogP contribution in [0, 0.1) is 0 Å². The van der Waals surface area contributed by atoms with Gasteiger partial charge in [0.05, 0.1) is 5.41 Å². The van der Waals surface area contributed by atoms with Crippen LogP contribution in [0.25, 0.3) is 5.57 Å². The molecule has 2 heteroatoms. The monoisotopic (exact) mass is 213 g/mol. The molecule has 16 heavy (non-hydrogen) atoms. The van der Waals surface area contributed by atoms with Crippen LogP contribution in [-0.4, -0.2) is 13.0 Å². The van der Waals surface area contributed by atoms with Crippen LogP contribution < -0.4 is 4.90 Å². The van der Waals surface area contributed by atoms with Crippen molar-refractivity contribution >= 4 is 17.2 Å². The molecular formula is C14H15NO. The molecule has 1 aliphatic carbocycles. The molecule has 0 aromatic heterocycles. The molecule has 0 N–H and O–H groups in total. The molecule has 1 aromatic rings. The van der Waals surface area contributed by atoms with Crippen LogP contribution in [-0.2, 0) is 10.2 Å². The van der Waals surface area contributed by atoms with E-state index in [0.717, 1.165) is 17.7 Å². The van der Waals surface area contributed by atoms with E-state index in [1.807, 2.05) is 14.0 Å². The molecule has 1 atom stereocenters. The van der Waals surface area contributed by atoms with Crippen LogP contribution in [0.15, 0.2) is 18.7 Å². The number of hydrogen-bond acceptors (Lipinski definition) is 1. The van der Waals surface area contributed by atoms with Crippen molar-refractivity contribution in [1.82, 2.24) is 0 Å². The van der Waals surface area contributed by atoms with E-state index in [9.17, 15) is 4.79 Å². The molecule has 2 aliphatic rings. The first-order valence-electron chi connectivity index (χ1n) is 5.67. The highest BCUT2D eigenvalue weighted by Crippen LogP contribution is 2.51. The Balaban J connectivity index is 2.26. The fourth-order valence-corrected chi connectivity index (χ4v) is 2.68. The van der Waals surface area contributed by atoms with E-state index in [0.29, 0.717) is 0 Å². The van der Waals surface area contributed by atoms with E-state index in [4.69, 9.17) is 0 Å². The third kappa shape index (κ3) is 0.861. The van der Waals surface area contributed by atoms with Gasteiger partial charge in [-0.1, -0.05) is 13.5 Å². The lowest BCUT2D eigenvalue weighted by molar-refractivity contribution is -0.122. The number of amides is 1. The highest BCUT2D eigenvalue weighted by atomic mass is 16.2. The molecule has 82 valence electrons. The first-order chi connectivity index (χ1) is 7.50. The minimum atomic E-state index is -0.345. The molecule has 0 bridgehead atoms. The Morgan fingerprint density at radius 3 is 2.62 bits per heavy atom. The van der Waals surface area contributed by atoms with Gasteiger partial charge in [-0.15, -0.1) is 0 Å². The maximum absolute atomic E-state index is 12.2. The van der Waals surface area contributed by atoms with E-state index in [-0.39, 0.29) is 11.3 Å². The summed E-state index contributed by atoms with van der Waals surface area (Å²) in [6.07, 6.45) is 0.842. The first kappa shape index (κ1) is 9.64. The van der Waals surface area contributed by atoms with Crippen molar-refractivity contribution in [1.29, 1.82) is 0 Å². The average molecular weight is 213 g/mol. The van der Waals surface area contributed by atoms with Crippen molar-refractivity contribution < 1.29 is 4.79 Å². The summed E-state index contributed by atoms with van der Waals surface area (Å²) >= 11 is 0. The summed E-state index contributed by atoms with van der Waals surface area (Å²) in [7, 11) is 1.86. The van der Waals surface area contributed by atoms with E-state index in [1.54, 1.807) is 4.90 Å². The Morgan fingerprint density at radius 1 is 1.38 bits per heavy atom. The van der Waals surface area contributed by atoms with Crippen LogP contribution >= 0.6 is 0 Å². The third-order valence-electron chi connectivity index (χ3n) is 4.16. The molecule has 1 heterocycles. The van der Waals surface area contributed by atoms with E-state index >= 15 is 0 Å². The molecule has 1 aliphatic heterocycles. The summed E-state index contributed by atoms with van der Waals surface area (Å²) in [5.74, 6) is 0.209. The van der Waals surface area contributed by atoms with Gasteiger partial charge in [0, 0.05) is 12.7 Å². The van der Waals surface area contributed by atoms with Crippen molar-refractivity contribution in [3.05, 3.63) is 35.4 Å². The Hall–Kier alpha value is -1.57. The van der Waals surface area contributed by atoms with Crippen LogP contribution in [0.3, 0.4) is 0 Å². The van der Waals surface area contributed by atoms with E-state index in [2.05, 4.69) is 25.6 Å². The van der Waals surface area contributed by atoms with Gasteiger partial charge in [-0.05, 0) is 47.7 Å². The molecule has 0 spiro atoms. The molecule has 0 fully saturated rings. The predicted octanol–water partition coefficient (Wildman–Crippen LogP) is 2.71. The average Bonchev–Trinajstić information content (AvgIpc) is 2.90. The van der Waals surface area contributed by atoms with Crippen molar-refractivity contribution in [3.8, 4) is 0 Å². The normalized spacial score (nSPS) is 25.8. The van der Waals surface area contributed by atoms with Gasteiger partial charge in [-0.2, -0.15) is 0 Å². The van der Waals surface area contributed by atoms with Gasteiger partial charge in [-0.25, -0.2) is 0 Å². The molecule has 3 rings (SSSR count). The summed E-state index contributed by atoms with van der Waals surface area (Å²) in [5, 5.41) is 0. The fourth-order valence-electron chi connectivity index (χ4n) is 2.68. The smallest absolute Gasteiger partial charge is 0.237 e. The van der Waals surface area contributed by atoms with Crippen molar-refractivity contribution in [2.24, 2.45) is 0 Å². The minimum Gasteiger partial charge on any atom is -0.314 e. The standard InChI is InChI=1S/C14H15NO/c1-5-14(3)11-6-9-8(2)10(9)7-12(11)15(4)13(14)16/h6-7H,2,5H2,1,3-4H3. The van der Waals surface area contributed by atoms with Crippen molar-refractivity contribution in [2.45, 2.75) is 25.7 Å². The Labute approximate surface area is 95.6 Å². The fraction of sp³-hybridized carbons (Fsp3) is 0.357. The summed E-state index contributed by atoms with van der Waals surface area (Å²) in [4.78, 5) is 14.0. The summed E-state index contributed by atoms with van der Waals surface area (Å²) in [5.41, 5.74) is 5.47. The van der Waals surface area contributed by atoms with Gasteiger partial charge >= 0.3 is 0 Å². The maximum Gasteiger partial charge on any atom is 0.237 e. The lowest BCUT2D eigenvalue weighted by atomic mass is 9.81. The zero-order valence-corrected chi connectivity index (χ0v) is 9.92. The van der Waals surface area contributed by atoms with E-state index in [1.165, 1.54) is 16.7 Å². The Kier molecular flexibility index (Phi) is 1.55. The number of carbonyl (C=O) groups excluding carboxylic acids is 1. The SMILES string of the molecule is C=C1c2cc3c(cc21)C(C)(CC)C(=O)N3C. The Bertz CT molecular complexity index is 544. The quantitative estimate of drug-likeness (QED) is 0.713. The summed E-state index contributed by atoms with van der Waals surface area (Å²) in [6, 6.07) is 4.25. The number of rotatable bonds is 1. The van der Waals surface area contributed by atoms with Crippen molar-refractivity contribution in [3.63, 3.8) is 0 Å². The number of carbonyl (C=O) groups is 1. The van der Waals surface area contributed by atoms with E-state index < -0.39 is 0 Å². The molecular weight excluding hydrogens is 198 g/mol. The number of anilines is 1. The zero-order chi connectivity index (χ0) is 11.7.